The van der Waals surface area contributed by atoms with Crippen LogP contribution in [-0.4, -0.2) is 81.5 Å². The first-order valence-corrected chi connectivity index (χ1v) is 22.6. The second-order valence-electron chi connectivity index (χ2n) is 14.6. The first kappa shape index (κ1) is 47.0. The molecule has 4 aromatic carbocycles. The number of nitrogens with zero attached hydrogens (tertiary/aromatic N) is 7. The van der Waals surface area contributed by atoms with Gasteiger partial charge < -0.3 is 34.7 Å². The average Bonchev–Trinajstić information content (AvgIpc) is 4.07. The third kappa shape index (κ3) is 12.5. The Morgan fingerprint density at radius 1 is 0.725 bits per heavy atom. The number of nitriles is 2. The number of morpholine rings is 1. The number of amides is 4. The zero-order valence-electron chi connectivity index (χ0n) is 35.9. The molecule has 0 bridgehead atoms. The van der Waals surface area contributed by atoms with Crippen molar-refractivity contribution in [1.29, 1.82) is 10.5 Å². The SMILES string of the molecule is N#Cc1cc2c(Oc3ccc(NC(=O)Nc4nccs4)c(F)c3)ccnc2cc1OCCCN1CCOCC1.N#Cc1cc2ccc(Oc3ccc(NC(=O)Nc4nccs4)c(F)c3)nc2cc1O. The van der Waals surface area contributed by atoms with Crippen molar-refractivity contribution in [3.8, 4) is 46.8 Å². The number of aromatic nitrogens is 4. The van der Waals surface area contributed by atoms with Gasteiger partial charge in [-0.1, -0.05) is 0 Å². The summed E-state index contributed by atoms with van der Waals surface area (Å²) in [7, 11) is 0. The lowest BCUT2D eigenvalue weighted by Crippen LogP contribution is -2.37. The molecule has 1 aliphatic heterocycles. The fourth-order valence-corrected chi connectivity index (χ4v) is 7.72. The molecular weight excluding hydrogens is 933 g/mol. The summed E-state index contributed by atoms with van der Waals surface area (Å²) >= 11 is 2.49. The molecule has 8 aromatic rings. The summed E-state index contributed by atoms with van der Waals surface area (Å²) in [6.07, 6.45) is 5.48. The van der Waals surface area contributed by atoms with Gasteiger partial charge in [-0.2, -0.15) is 10.5 Å². The number of phenols is 1. The number of thiazole rings is 2. The molecule has 1 aliphatic rings. The summed E-state index contributed by atoms with van der Waals surface area (Å²) in [4.78, 5) is 42.8. The number of hydrogen-bond acceptors (Lipinski definition) is 16. The maximum Gasteiger partial charge on any atom is 0.325 e. The zero-order valence-corrected chi connectivity index (χ0v) is 37.6. The van der Waals surface area contributed by atoms with Crippen molar-refractivity contribution in [2.45, 2.75) is 6.42 Å². The lowest BCUT2D eigenvalue weighted by Gasteiger charge is -2.26. The van der Waals surface area contributed by atoms with E-state index in [1.807, 2.05) is 6.07 Å². The molecule has 22 heteroatoms. The number of benzene rings is 4. The highest BCUT2D eigenvalue weighted by Gasteiger charge is 2.16. The van der Waals surface area contributed by atoms with Crippen LogP contribution in [0.2, 0.25) is 0 Å². The first-order valence-electron chi connectivity index (χ1n) is 20.8. The number of pyridine rings is 2. The van der Waals surface area contributed by atoms with Crippen molar-refractivity contribution in [2.24, 2.45) is 0 Å². The van der Waals surface area contributed by atoms with E-state index in [9.17, 15) is 28.7 Å². The Labute approximate surface area is 399 Å². The third-order valence-electron chi connectivity index (χ3n) is 9.94. The van der Waals surface area contributed by atoms with Gasteiger partial charge in [-0.05, 0) is 55.0 Å². The Balaban J connectivity index is 0.000000192. The lowest BCUT2D eigenvalue weighted by atomic mass is 10.1. The molecule has 18 nitrogen and oxygen atoms in total. The number of aromatic hydroxyl groups is 1. The van der Waals surface area contributed by atoms with E-state index < -0.39 is 23.7 Å². The maximum atomic E-state index is 14.7. The van der Waals surface area contributed by atoms with Crippen LogP contribution < -0.4 is 35.5 Å². The Kier molecular flexibility index (Phi) is 15.2. The molecule has 5 heterocycles. The fraction of sp³-hybridized carbons (Fsp3) is 0.149. The van der Waals surface area contributed by atoms with Crippen LogP contribution in [0.25, 0.3) is 21.8 Å². The molecule has 0 radical (unpaired) electrons. The molecule has 4 aromatic heterocycles. The van der Waals surface area contributed by atoms with E-state index in [0.29, 0.717) is 55.7 Å². The van der Waals surface area contributed by atoms with Crippen LogP contribution in [0.1, 0.15) is 17.5 Å². The monoisotopic (exact) mass is 969 g/mol. The summed E-state index contributed by atoms with van der Waals surface area (Å²) in [6, 6.07) is 22.0. The first-order chi connectivity index (χ1) is 33.6. The van der Waals surface area contributed by atoms with E-state index in [4.69, 9.17) is 24.2 Å². The highest BCUT2D eigenvalue weighted by atomic mass is 32.1. The molecule has 1 fully saturated rings. The molecule has 1 saturated heterocycles. The third-order valence-corrected chi connectivity index (χ3v) is 11.3. The fourth-order valence-electron chi connectivity index (χ4n) is 6.67. The summed E-state index contributed by atoms with van der Waals surface area (Å²) < 4.78 is 51.9. The molecule has 0 aliphatic carbocycles. The van der Waals surface area contributed by atoms with Crippen LogP contribution in [0.15, 0.2) is 108 Å². The van der Waals surface area contributed by atoms with Crippen LogP contribution in [0, 0.1) is 34.3 Å². The number of fused-ring (bicyclic) bond motifs is 2. The van der Waals surface area contributed by atoms with E-state index >= 15 is 0 Å². The van der Waals surface area contributed by atoms with Gasteiger partial charge >= 0.3 is 12.1 Å². The summed E-state index contributed by atoms with van der Waals surface area (Å²) in [5.41, 5.74) is 1.44. The molecule has 0 spiro atoms. The zero-order chi connectivity index (χ0) is 48.1. The van der Waals surface area contributed by atoms with Crippen molar-refractivity contribution >= 4 is 78.2 Å². The lowest BCUT2D eigenvalue weighted by molar-refractivity contribution is 0.0358. The number of rotatable bonds is 13. The van der Waals surface area contributed by atoms with Crippen molar-refractivity contribution in [3.05, 3.63) is 131 Å². The van der Waals surface area contributed by atoms with Crippen molar-refractivity contribution in [2.75, 3.05) is 60.7 Å². The van der Waals surface area contributed by atoms with E-state index in [0.717, 1.165) is 45.3 Å². The number of hydrogen-bond donors (Lipinski definition) is 5. The van der Waals surface area contributed by atoms with E-state index in [-0.39, 0.29) is 40.1 Å². The Hall–Kier alpha value is -8.54. The Morgan fingerprint density at radius 2 is 1.38 bits per heavy atom. The number of nitrogens with one attached hydrogen (secondary N) is 4. The normalized spacial score (nSPS) is 12.2. The van der Waals surface area contributed by atoms with Gasteiger partial charge in [0, 0.05) is 90.1 Å². The Bertz CT molecular complexity index is 3200. The van der Waals surface area contributed by atoms with Crippen LogP contribution in [0.4, 0.5) is 40.0 Å². The minimum Gasteiger partial charge on any atom is -0.506 e. The standard InChI is InChI=1S/C27H25FN6O4S.C20H12FN5O3S/c28-21-15-19(2-3-22(21)32-26(35)33-27-31-6-13-39-27)38-24-4-5-30-23-16-25(18(17-29)14-20(23)24)37-10-1-7-34-8-11-36-12-9-34;21-14-8-13(2-3-15(14)25-19(28)26-20-23-5-6-30-20)29-18-4-1-11-7-12(10-22)17(27)9-16(11)24-18/h2-6,13-16H,1,7-12H2,(H2,31,32,33,35);1-9,27H,(H2,23,25,26,28). The van der Waals surface area contributed by atoms with E-state index in [1.165, 1.54) is 71.3 Å². The number of carbonyl (C=O) groups excluding carboxylic acids is 2. The average molecular weight is 970 g/mol. The van der Waals surface area contributed by atoms with Crippen LogP contribution in [0.5, 0.6) is 34.6 Å². The van der Waals surface area contributed by atoms with E-state index in [1.54, 1.807) is 53.5 Å². The largest absolute Gasteiger partial charge is 0.506 e. The predicted octanol–water partition coefficient (Wildman–Crippen LogP) is 10.1. The quantitative estimate of drug-likeness (QED) is 0.0676. The van der Waals surface area contributed by atoms with Gasteiger partial charge in [0.25, 0.3) is 0 Å². The topological polar surface area (TPSA) is 242 Å². The molecule has 0 unspecified atom stereocenters. The number of halogens is 2. The molecule has 0 atom stereocenters. The van der Waals surface area contributed by atoms with Gasteiger partial charge in [0.15, 0.2) is 10.3 Å². The number of urea groups is 2. The predicted molar refractivity (Wildman–Crippen MR) is 254 cm³/mol. The van der Waals surface area contributed by atoms with Crippen LogP contribution in [0.3, 0.4) is 0 Å². The maximum absolute atomic E-state index is 14.7. The van der Waals surface area contributed by atoms with Crippen molar-refractivity contribution in [3.63, 3.8) is 0 Å². The minimum atomic E-state index is -0.695. The highest BCUT2D eigenvalue weighted by Crippen LogP contribution is 2.35. The van der Waals surface area contributed by atoms with Gasteiger partial charge in [0.1, 0.15) is 52.5 Å². The minimum absolute atomic E-state index is 0.0156. The van der Waals surface area contributed by atoms with Crippen LogP contribution >= 0.6 is 22.7 Å². The highest BCUT2D eigenvalue weighted by molar-refractivity contribution is 7.14. The second-order valence-corrected chi connectivity index (χ2v) is 16.4. The molecule has 348 valence electrons. The number of carbonyl (C=O) groups is 2. The molecule has 4 amide bonds. The van der Waals surface area contributed by atoms with Gasteiger partial charge in [0.2, 0.25) is 5.88 Å². The van der Waals surface area contributed by atoms with E-state index in [2.05, 4.69) is 52.2 Å². The molecule has 0 saturated carbocycles. The second kappa shape index (κ2) is 22.3. The van der Waals surface area contributed by atoms with Crippen LogP contribution in [-0.2, 0) is 4.74 Å². The number of anilines is 4. The summed E-state index contributed by atoms with van der Waals surface area (Å²) in [5.74, 6) is -0.146. The van der Waals surface area contributed by atoms with Gasteiger partial charge in [0.05, 0.1) is 53.4 Å². The molecular formula is C47H37F2N11O7S2. The van der Waals surface area contributed by atoms with Gasteiger partial charge in [-0.25, -0.2) is 33.3 Å². The molecule has 9 rings (SSSR count). The summed E-state index contributed by atoms with van der Waals surface area (Å²) in [6.45, 7) is 4.69. The van der Waals surface area contributed by atoms with Gasteiger partial charge in [-0.3, -0.25) is 20.5 Å². The smallest absolute Gasteiger partial charge is 0.325 e. The van der Waals surface area contributed by atoms with Crippen molar-refractivity contribution in [1.82, 2.24) is 24.8 Å². The van der Waals surface area contributed by atoms with Gasteiger partial charge in [-0.15, -0.1) is 22.7 Å². The summed E-state index contributed by atoms with van der Waals surface area (Å²) in [5, 5.41) is 43.8. The molecule has 5 N–H and O–H groups in total. The van der Waals surface area contributed by atoms with Crippen molar-refractivity contribution < 1.29 is 42.4 Å². The molecule has 69 heavy (non-hydrogen) atoms. The number of ether oxygens (including phenoxy) is 4. The Morgan fingerprint density at radius 3 is 1.99 bits per heavy atom. The number of phenolic OH excluding ortho intramolecular Hbond substituents is 1.